The lowest BCUT2D eigenvalue weighted by molar-refractivity contribution is -0.174. The standard InChI is InChI=1S/C11H9F3N2O/c1-7(16-10(17)11(12,13)14)9-5-3-2-4-8(9)6-15/h2-5,7H,1H3,(H,16,17). The first-order valence-corrected chi connectivity index (χ1v) is 4.73. The van der Waals surface area contributed by atoms with Gasteiger partial charge in [0.2, 0.25) is 0 Å². The topological polar surface area (TPSA) is 52.9 Å². The number of benzene rings is 1. The number of carbonyl (C=O) groups excluding carboxylic acids is 1. The maximum Gasteiger partial charge on any atom is 0.471 e. The molecule has 1 atom stereocenters. The second-order valence-corrected chi connectivity index (χ2v) is 3.39. The van der Waals surface area contributed by atoms with Crippen molar-refractivity contribution in [3.05, 3.63) is 35.4 Å². The predicted octanol–water partition coefficient (Wildman–Crippen LogP) is 2.30. The van der Waals surface area contributed by atoms with Crippen LogP contribution in [0.2, 0.25) is 0 Å². The van der Waals surface area contributed by atoms with Crippen LogP contribution in [0.25, 0.3) is 0 Å². The molecule has 1 unspecified atom stereocenters. The molecule has 0 fully saturated rings. The van der Waals surface area contributed by atoms with Crippen molar-refractivity contribution in [1.29, 1.82) is 5.26 Å². The Hall–Kier alpha value is -2.03. The third-order valence-electron chi connectivity index (χ3n) is 2.15. The van der Waals surface area contributed by atoms with E-state index in [9.17, 15) is 18.0 Å². The molecule has 3 nitrogen and oxygen atoms in total. The number of alkyl halides is 3. The van der Waals surface area contributed by atoms with Crippen molar-refractivity contribution in [2.45, 2.75) is 19.1 Å². The molecule has 17 heavy (non-hydrogen) atoms. The van der Waals surface area contributed by atoms with Crippen molar-refractivity contribution in [2.24, 2.45) is 0 Å². The quantitative estimate of drug-likeness (QED) is 0.865. The van der Waals surface area contributed by atoms with E-state index in [0.29, 0.717) is 5.56 Å². The molecule has 0 saturated carbocycles. The minimum atomic E-state index is -4.92. The molecule has 0 heterocycles. The van der Waals surface area contributed by atoms with Crippen LogP contribution in [0.3, 0.4) is 0 Å². The van der Waals surface area contributed by atoms with Crippen LogP contribution >= 0.6 is 0 Å². The average Bonchev–Trinajstić information content (AvgIpc) is 2.27. The highest BCUT2D eigenvalue weighted by molar-refractivity contribution is 5.82. The maximum absolute atomic E-state index is 12.0. The van der Waals surface area contributed by atoms with Crippen LogP contribution in [0.4, 0.5) is 13.2 Å². The Bertz CT molecular complexity index is 463. The van der Waals surface area contributed by atoms with E-state index < -0.39 is 18.1 Å². The molecule has 1 N–H and O–H groups in total. The Labute approximate surface area is 95.9 Å². The zero-order valence-corrected chi connectivity index (χ0v) is 8.88. The first kappa shape index (κ1) is 13.0. The van der Waals surface area contributed by atoms with Crippen LogP contribution in [0.1, 0.15) is 24.1 Å². The summed E-state index contributed by atoms with van der Waals surface area (Å²) < 4.78 is 36.1. The summed E-state index contributed by atoms with van der Waals surface area (Å²) in [4.78, 5) is 10.7. The van der Waals surface area contributed by atoms with Crippen molar-refractivity contribution in [1.82, 2.24) is 5.32 Å². The second-order valence-electron chi connectivity index (χ2n) is 3.39. The zero-order chi connectivity index (χ0) is 13.1. The first-order valence-electron chi connectivity index (χ1n) is 4.73. The number of carbonyl (C=O) groups is 1. The highest BCUT2D eigenvalue weighted by Gasteiger charge is 2.39. The van der Waals surface area contributed by atoms with Gasteiger partial charge in [-0.1, -0.05) is 18.2 Å². The molecule has 0 aromatic heterocycles. The van der Waals surface area contributed by atoms with Gasteiger partial charge in [-0.2, -0.15) is 18.4 Å². The number of nitrogens with one attached hydrogen (secondary N) is 1. The van der Waals surface area contributed by atoms with Crippen LogP contribution in [0.15, 0.2) is 24.3 Å². The molecule has 0 bridgehead atoms. The summed E-state index contributed by atoms with van der Waals surface area (Å²) in [5, 5.41) is 10.6. The lowest BCUT2D eigenvalue weighted by Crippen LogP contribution is -2.38. The molecule has 0 spiro atoms. The van der Waals surface area contributed by atoms with Crippen LogP contribution in [0, 0.1) is 11.3 Å². The maximum atomic E-state index is 12.0. The summed E-state index contributed by atoms with van der Waals surface area (Å²) in [5.41, 5.74) is 0.593. The first-order chi connectivity index (χ1) is 7.86. The fraction of sp³-hybridized carbons (Fsp3) is 0.273. The number of nitriles is 1. The lowest BCUT2D eigenvalue weighted by atomic mass is 10.0. The molecule has 1 aromatic rings. The van der Waals surface area contributed by atoms with Gasteiger partial charge in [0.25, 0.3) is 0 Å². The molecule has 0 aliphatic carbocycles. The van der Waals surface area contributed by atoms with Gasteiger partial charge in [0.15, 0.2) is 0 Å². The van der Waals surface area contributed by atoms with Gasteiger partial charge in [0.05, 0.1) is 17.7 Å². The van der Waals surface area contributed by atoms with Crippen LogP contribution in [-0.2, 0) is 4.79 Å². The van der Waals surface area contributed by atoms with E-state index in [4.69, 9.17) is 5.26 Å². The Balaban J connectivity index is 2.88. The fourth-order valence-electron chi connectivity index (χ4n) is 1.33. The van der Waals surface area contributed by atoms with E-state index in [1.807, 2.05) is 6.07 Å². The van der Waals surface area contributed by atoms with E-state index >= 15 is 0 Å². The van der Waals surface area contributed by atoms with Crippen molar-refractivity contribution in [2.75, 3.05) is 0 Å². The lowest BCUT2D eigenvalue weighted by Gasteiger charge is -2.16. The molecule has 0 aliphatic heterocycles. The van der Waals surface area contributed by atoms with E-state index in [1.54, 1.807) is 17.4 Å². The molecule has 90 valence electrons. The van der Waals surface area contributed by atoms with Gasteiger partial charge >= 0.3 is 12.1 Å². The zero-order valence-electron chi connectivity index (χ0n) is 8.88. The molecule has 1 amide bonds. The number of hydrogen-bond donors (Lipinski definition) is 1. The van der Waals surface area contributed by atoms with Crippen LogP contribution in [-0.4, -0.2) is 12.1 Å². The second kappa shape index (κ2) is 4.87. The SMILES string of the molecule is CC(NC(=O)C(F)(F)F)c1ccccc1C#N. The molecule has 6 heteroatoms. The van der Waals surface area contributed by atoms with Crippen molar-refractivity contribution in [3.63, 3.8) is 0 Å². The molecule has 0 aliphatic rings. The summed E-state index contributed by atoms with van der Waals surface area (Å²) in [6.07, 6.45) is -4.92. The van der Waals surface area contributed by atoms with Crippen LogP contribution < -0.4 is 5.32 Å². The van der Waals surface area contributed by atoms with Crippen LogP contribution in [0.5, 0.6) is 0 Å². The van der Waals surface area contributed by atoms with Gasteiger partial charge in [-0.15, -0.1) is 0 Å². The smallest absolute Gasteiger partial charge is 0.342 e. The van der Waals surface area contributed by atoms with Gasteiger partial charge in [0, 0.05) is 0 Å². The molecular formula is C11H9F3N2O. The molecule has 0 saturated heterocycles. The summed E-state index contributed by atoms with van der Waals surface area (Å²) in [6, 6.07) is 7.15. The Morgan fingerprint density at radius 2 is 2.00 bits per heavy atom. The fourth-order valence-corrected chi connectivity index (χ4v) is 1.33. The van der Waals surface area contributed by atoms with Crippen molar-refractivity contribution in [3.8, 4) is 6.07 Å². The number of amides is 1. The summed E-state index contributed by atoms with van der Waals surface area (Å²) in [6.45, 7) is 1.39. The van der Waals surface area contributed by atoms with Gasteiger partial charge in [-0.3, -0.25) is 4.79 Å². The third kappa shape index (κ3) is 3.21. The Morgan fingerprint density at radius 3 is 2.53 bits per heavy atom. The van der Waals surface area contributed by atoms with E-state index in [2.05, 4.69) is 0 Å². The Morgan fingerprint density at radius 1 is 1.41 bits per heavy atom. The largest absolute Gasteiger partial charge is 0.471 e. The number of rotatable bonds is 2. The van der Waals surface area contributed by atoms with E-state index in [0.717, 1.165) is 0 Å². The van der Waals surface area contributed by atoms with Crippen molar-refractivity contribution >= 4 is 5.91 Å². The van der Waals surface area contributed by atoms with E-state index in [-0.39, 0.29) is 5.56 Å². The molecule has 1 rings (SSSR count). The highest BCUT2D eigenvalue weighted by atomic mass is 19.4. The summed E-state index contributed by atoms with van der Waals surface area (Å²) in [5.74, 6) is -2.02. The van der Waals surface area contributed by atoms with Gasteiger partial charge in [-0.25, -0.2) is 0 Å². The highest BCUT2D eigenvalue weighted by Crippen LogP contribution is 2.20. The summed E-state index contributed by atoms with van der Waals surface area (Å²) >= 11 is 0. The molecular weight excluding hydrogens is 233 g/mol. The summed E-state index contributed by atoms with van der Waals surface area (Å²) in [7, 11) is 0. The predicted molar refractivity (Wildman–Crippen MR) is 53.8 cm³/mol. The van der Waals surface area contributed by atoms with Gasteiger partial charge in [-0.05, 0) is 18.6 Å². The minimum absolute atomic E-state index is 0.238. The molecule has 1 aromatic carbocycles. The normalized spacial score (nSPS) is 12.6. The van der Waals surface area contributed by atoms with Crippen molar-refractivity contribution < 1.29 is 18.0 Å². The number of halogens is 3. The Kier molecular flexibility index (Phi) is 3.73. The number of hydrogen-bond acceptors (Lipinski definition) is 2. The van der Waals surface area contributed by atoms with Gasteiger partial charge in [0.1, 0.15) is 0 Å². The monoisotopic (exact) mass is 242 g/mol. The van der Waals surface area contributed by atoms with Gasteiger partial charge < -0.3 is 5.32 Å². The third-order valence-corrected chi connectivity index (χ3v) is 2.15. The molecule has 0 radical (unpaired) electrons. The van der Waals surface area contributed by atoms with E-state index in [1.165, 1.54) is 19.1 Å². The number of nitrogens with zero attached hydrogens (tertiary/aromatic N) is 1. The minimum Gasteiger partial charge on any atom is -0.342 e. The average molecular weight is 242 g/mol.